The fourth-order valence-corrected chi connectivity index (χ4v) is 1.10. The van der Waals surface area contributed by atoms with Crippen molar-refractivity contribution in [3.8, 4) is 11.8 Å². The Kier molecular flexibility index (Phi) is 4.12. The van der Waals surface area contributed by atoms with Gasteiger partial charge in [0.1, 0.15) is 0 Å². The lowest BCUT2D eigenvalue weighted by molar-refractivity contribution is -0.116. The average molecular weight is 200 g/mol. The molecule has 1 heteroatoms. The number of carbonyl (C=O) groups is 1. The van der Waals surface area contributed by atoms with Crippen LogP contribution < -0.4 is 0 Å². The maximum atomic E-state index is 11.3. The van der Waals surface area contributed by atoms with Gasteiger partial charge in [-0.05, 0) is 30.0 Å². The molecule has 0 spiro atoms. The van der Waals surface area contributed by atoms with Crippen LogP contribution in [0.4, 0.5) is 0 Å². The molecule has 1 aromatic rings. The van der Waals surface area contributed by atoms with Gasteiger partial charge in [0.15, 0.2) is 0 Å². The maximum Gasteiger partial charge on any atom is 0.208 e. The molecule has 0 saturated carbocycles. The standard InChI is InChI=1S/C14H16O/c1-4-12-5-7-13(8-6-12)9-10-14(15)11(2)3/h5-8,11H,4H2,1-3H3. The van der Waals surface area contributed by atoms with Crippen LogP contribution in [0.2, 0.25) is 0 Å². The first-order valence-electron chi connectivity index (χ1n) is 5.28. The highest BCUT2D eigenvalue weighted by atomic mass is 16.1. The van der Waals surface area contributed by atoms with E-state index in [1.165, 1.54) is 5.56 Å². The van der Waals surface area contributed by atoms with Gasteiger partial charge in [-0.25, -0.2) is 0 Å². The Labute approximate surface area is 91.5 Å². The average Bonchev–Trinajstić information content (AvgIpc) is 2.26. The van der Waals surface area contributed by atoms with Crippen molar-refractivity contribution in [1.82, 2.24) is 0 Å². The topological polar surface area (TPSA) is 17.1 Å². The smallest absolute Gasteiger partial charge is 0.208 e. The zero-order chi connectivity index (χ0) is 11.3. The predicted octanol–water partition coefficient (Wildman–Crippen LogP) is 2.83. The van der Waals surface area contributed by atoms with E-state index in [4.69, 9.17) is 0 Å². The van der Waals surface area contributed by atoms with E-state index >= 15 is 0 Å². The number of carbonyl (C=O) groups excluding carboxylic acids is 1. The van der Waals surface area contributed by atoms with Crippen LogP contribution in [-0.4, -0.2) is 5.78 Å². The van der Waals surface area contributed by atoms with Gasteiger partial charge in [-0.2, -0.15) is 0 Å². The summed E-state index contributed by atoms with van der Waals surface area (Å²) < 4.78 is 0. The molecule has 0 radical (unpaired) electrons. The van der Waals surface area contributed by atoms with Crippen molar-refractivity contribution in [2.45, 2.75) is 27.2 Å². The van der Waals surface area contributed by atoms with Crippen LogP contribution in [0.1, 0.15) is 31.9 Å². The van der Waals surface area contributed by atoms with Gasteiger partial charge in [-0.1, -0.05) is 38.8 Å². The first-order valence-corrected chi connectivity index (χ1v) is 5.28. The van der Waals surface area contributed by atoms with Crippen LogP contribution in [0.25, 0.3) is 0 Å². The third-order valence-corrected chi connectivity index (χ3v) is 2.22. The third-order valence-electron chi connectivity index (χ3n) is 2.22. The lowest BCUT2D eigenvalue weighted by Gasteiger charge is -1.95. The van der Waals surface area contributed by atoms with E-state index in [-0.39, 0.29) is 11.7 Å². The summed E-state index contributed by atoms with van der Waals surface area (Å²) in [7, 11) is 0. The number of aryl methyl sites for hydroxylation is 1. The summed E-state index contributed by atoms with van der Waals surface area (Å²) in [5.74, 6) is 5.51. The van der Waals surface area contributed by atoms with E-state index in [2.05, 4.69) is 18.8 Å². The summed E-state index contributed by atoms with van der Waals surface area (Å²) in [5, 5.41) is 0. The SMILES string of the molecule is CCc1ccc(C#CC(=O)C(C)C)cc1. The van der Waals surface area contributed by atoms with Crippen LogP contribution in [0.3, 0.4) is 0 Å². The first-order chi connectivity index (χ1) is 7.13. The summed E-state index contributed by atoms with van der Waals surface area (Å²) >= 11 is 0. The molecule has 0 fully saturated rings. The van der Waals surface area contributed by atoms with Crippen LogP contribution in [-0.2, 0) is 11.2 Å². The van der Waals surface area contributed by atoms with E-state index < -0.39 is 0 Å². The molecular weight excluding hydrogens is 184 g/mol. The van der Waals surface area contributed by atoms with Crippen LogP contribution in [0, 0.1) is 17.8 Å². The van der Waals surface area contributed by atoms with E-state index in [0.717, 1.165) is 12.0 Å². The summed E-state index contributed by atoms with van der Waals surface area (Å²) in [6, 6.07) is 8.01. The van der Waals surface area contributed by atoms with E-state index in [1.54, 1.807) is 0 Å². The van der Waals surface area contributed by atoms with E-state index in [9.17, 15) is 4.79 Å². The minimum Gasteiger partial charge on any atom is -0.285 e. The second-order valence-electron chi connectivity index (χ2n) is 3.82. The van der Waals surface area contributed by atoms with Gasteiger partial charge < -0.3 is 0 Å². The largest absolute Gasteiger partial charge is 0.285 e. The van der Waals surface area contributed by atoms with Crippen LogP contribution in [0.15, 0.2) is 24.3 Å². The number of hydrogen-bond acceptors (Lipinski definition) is 1. The Morgan fingerprint density at radius 2 is 1.87 bits per heavy atom. The minimum atomic E-state index is -0.00702. The van der Waals surface area contributed by atoms with Crippen molar-refractivity contribution in [3.05, 3.63) is 35.4 Å². The van der Waals surface area contributed by atoms with Gasteiger partial charge in [0.25, 0.3) is 0 Å². The van der Waals surface area contributed by atoms with Gasteiger partial charge in [0.2, 0.25) is 5.78 Å². The summed E-state index contributed by atoms with van der Waals surface area (Å²) in [4.78, 5) is 11.3. The molecule has 0 heterocycles. The lowest BCUT2D eigenvalue weighted by atomic mass is 10.1. The number of Topliss-reactive ketones (excluding diaryl/α,β-unsaturated/α-hetero) is 1. The third kappa shape index (κ3) is 3.59. The molecular formula is C14H16O. The van der Waals surface area contributed by atoms with E-state index in [0.29, 0.717) is 0 Å². The molecule has 0 amide bonds. The normalized spacial score (nSPS) is 9.60. The van der Waals surface area contributed by atoms with Crippen molar-refractivity contribution in [3.63, 3.8) is 0 Å². The van der Waals surface area contributed by atoms with Crippen LogP contribution >= 0.6 is 0 Å². The molecule has 0 saturated heterocycles. The predicted molar refractivity (Wildman–Crippen MR) is 62.5 cm³/mol. The van der Waals surface area contributed by atoms with Crippen molar-refractivity contribution in [2.24, 2.45) is 5.92 Å². The van der Waals surface area contributed by atoms with E-state index in [1.807, 2.05) is 38.1 Å². The summed E-state index contributed by atoms with van der Waals surface area (Å²) in [5.41, 5.74) is 2.19. The summed E-state index contributed by atoms with van der Waals surface area (Å²) in [6.07, 6.45) is 1.03. The molecule has 1 rings (SSSR count). The maximum absolute atomic E-state index is 11.3. The Bertz CT molecular complexity index is 388. The number of ketones is 1. The number of hydrogen-bond donors (Lipinski definition) is 0. The molecule has 1 nitrogen and oxygen atoms in total. The number of rotatable bonds is 2. The Hall–Kier alpha value is -1.55. The monoisotopic (exact) mass is 200 g/mol. The highest BCUT2D eigenvalue weighted by Gasteiger charge is 2.01. The molecule has 0 aliphatic carbocycles. The highest BCUT2D eigenvalue weighted by Crippen LogP contribution is 2.03. The molecule has 78 valence electrons. The fraction of sp³-hybridized carbons (Fsp3) is 0.357. The highest BCUT2D eigenvalue weighted by molar-refractivity contribution is 5.97. The Morgan fingerprint density at radius 1 is 1.27 bits per heavy atom. The quantitative estimate of drug-likeness (QED) is 0.671. The Balaban J connectivity index is 2.76. The van der Waals surface area contributed by atoms with Crippen molar-refractivity contribution >= 4 is 5.78 Å². The molecule has 0 atom stereocenters. The first kappa shape index (κ1) is 11.5. The second kappa shape index (κ2) is 5.36. The van der Waals surface area contributed by atoms with Gasteiger partial charge in [-0.3, -0.25) is 4.79 Å². The molecule has 0 bridgehead atoms. The van der Waals surface area contributed by atoms with Crippen molar-refractivity contribution in [2.75, 3.05) is 0 Å². The molecule has 15 heavy (non-hydrogen) atoms. The lowest BCUT2D eigenvalue weighted by Crippen LogP contribution is -2.02. The number of benzene rings is 1. The van der Waals surface area contributed by atoms with Gasteiger partial charge >= 0.3 is 0 Å². The molecule has 0 aromatic heterocycles. The zero-order valence-electron chi connectivity index (χ0n) is 9.50. The second-order valence-corrected chi connectivity index (χ2v) is 3.82. The van der Waals surface area contributed by atoms with Crippen molar-refractivity contribution < 1.29 is 4.79 Å². The minimum absolute atomic E-state index is 0.00503. The van der Waals surface area contributed by atoms with Gasteiger partial charge in [0, 0.05) is 11.5 Å². The Morgan fingerprint density at radius 3 is 2.33 bits per heavy atom. The van der Waals surface area contributed by atoms with Crippen molar-refractivity contribution in [1.29, 1.82) is 0 Å². The molecule has 0 N–H and O–H groups in total. The fourth-order valence-electron chi connectivity index (χ4n) is 1.10. The van der Waals surface area contributed by atoms with Gasteiger partial charge in [-0.15, -0.1) is 0 Å². The molecule has 0 aliphatic heterocycles. The molecule has 0 unspecified atom stereocenters. The summed E-state index contributed by atoms with van der Waals surface area (Å²) in [6.45, 7) is 5.83. The zero-order valence-corrected chi connectivity index (χ0v) is 9.50. The van der Waals surface area contributed by atoms with Gasteiger partial charge in [0.05, 0.1) is 0 Å². The van der Waals surface area contributed by atoms with Crippen LogP contribution in [0.5, 0.6) is 0 Å². The molecule has 1 aromatic carbocycles. The molecule has 0 aliphatic rings.